The summed E-state index contributed by atoms with van der Waals surface area (Å²) in [7, 11) is 1.59. The van der Waals surface area contributed by atoms with E-state index in [0.29, 0.717) is 10.2 Å². The van der Waals surface area contributed by atoms with E-state index in [1.165, 1.54) is 30.3 Å². The van der Waals surface area contributed by atoms with Crippen LogP contribution in [0.1, 0.15) is 12.0 Å². The van der Waals surface area contributed by atoms with Crippen molar-refractivity contribution in [1.82, 2.24) is 0 Å². The van der Waals surface area contributed by atoms with E-state index in [1.54, 1.807) is 13.1 Å². The summed E-state index contributed by atoms with van der Waals surface area (Å²) in [6, 6.07) is 8.36. The fourth-order valence-electron chi connectivity index (χ4n) is 1.73. The first-order chi connectivity index (χ1) is 9.54. The predicted molar refractivity (Wildman–Crippen MR) is 75.1 cm³/mol. The zero-order chi connectivity index (χ0) is 14.7. The van der Waals surface area contributed by atoms with E-state index in [4.69, 9.17) is 4.74 Å². The number of ether oxygens (including phenoxy) is 1. The van der Waals surface area contributed by atoms with Gasteiger partial charge in [0, 0.05) is 11.5 Å². The van der Waals surface area contributed by atoms with Crippen molar-refractivity contribution < 1.29 is 17.9 Å². The lowest BCUT2D eigenvalue weighted by molar-refractivity contribution is 0.148. The molecule has 0 saturated carbocycles. The fourth-order valence-corrected chi connectivity index (χ4v) is 2.24. The van der Waals surface area contributed by atoms with Crippen LogP contribution in [0, 0.1) is 5.82 Å². The Balaban J connectivity index is 2.48. The number of para-hydroxylation sites is 1. The van der Waals surface area contributed by atoms with Gasteiger partial charge in [0.05, 0.1) is 11.3 Å². The third-order valence-corrected chi connectivity index (χ3v) is 3.34. The van der Waals surface area contributed by atoms with Crippen LogP contribution in [0.25, 0.3) is 0 Å². The Morgan fingerprint density at radius 2 is 1.85 bits per heavy atom. The molecule has 106 valence electrons. The minimum Gasteiger partial charge on any atom is -0.452 e. The van der Waals surface area contributed by atoms with Crippen LogP contribution in [0.2, 0.25) is 0 Å². The van der Waals surface area contributed by atoms with Crippen molar-refractivity contribution in [3.8, 4) is 11.5 Å². The molecule has 0 spiro atoms. The first-order valence-corrected chi connectivity index (χ1v) is 6.54. The molecule has 0 aliphatic rings. The van der Waals surface area contributed by atoms with Crippen molar-refractivity contribution in [3.63, 3.8) is 0 Å². The highest BCUT2D eigenvalue weighted by Gasteiger charge is 2.18. The van der Waals surface area contributed by atoms with Crippen molar-refractivity contribution in [2.45, 2.75) is 6.43 Å². The van der Waals surface area contributed by atoms with E-state index in [2.05, 4.69) is 21.2 Å². The number of anilines is 1. The van der Waals surface area contributed by atoms with Crippen LogP contribution >= 0.6 is 15.9 Å². The van der Waals surface area contributed by atoms with Crippen molar-refractivity contribution in [2.75, 3.05) is 12.4 Å². The summed E-state index contributed by atoms with van der Waals surface area (Å²) < 4.78 is 45.6. The number of alkyl halides is 2. The van der Waals surface area contributed by atoms with Crippen molar-refractivity contribution >= 4 is 21.6 Å². The summed E-state index contributed by atoms with van der Waals surface area (Å²) in [5.41, 5.74) is 0.0722. The molecule has 6 heteroatoms. The molecule has 0 aliphatic carbocycles. The lowest BCUT2D eigenvalue weighted by Gasteiger charge is -2.15. The van der Waals surface area contributed by atoms with Gasteiger partial charge >= 0.3 is 0 Å². The Hall–Kier alpha value is -1.69. The van der Waals surface area contributed by atoms with Gasteiger partial charge in [-0.05, 0) is 40.2 Å². The van der Waals surface area contributed by atoms with Crippen LogP contribution in [-0.2, 0) is 0 Å². The van der Waals surface area contributed by atoms with Gasteiger partial charge in [-0.15, -0.1) is 0 Å². The zero-order valence-corrected chi connectivity index (χ0v) is 12.0. The number of benzene rings is 2. The van der Waals surface area contributed by atoms with Gasteiger partial charge in [-0.3, -0.25) is 0 Å². The summed E-state index contributed by atoms with van der Waals surface area (Å²) in [5, 5.41) is 2.77. The highest BCUT2D eigenvalue weighted by Crippen LogP contribution is 2.40. The Labute approximate surface area is 122 Å². The molecule has 0 bridgehead atoms. The molecule has 0 aromatic heterocycles. The van der Waals surface area contributed by atoms with Gasteiger partial charge in [-0.1, -0.05) is 12.1 Å². The summed E-state index contributed by atoms with van der Waals surface area (Å²) in [6.45, 7) is 0. The minimum absolute atomic E-state index is 0.0731. The molecule has 2 aromatic rings. The maximum atomic E-state index is 13.9. The van der Waals surface area contributed by atoms with Crippen LogP contribution < -0.4 is 10.1 Å². The van der Waals surface area contributed by atoms with Crippen LogP contribution in [0.5, 0.6) is 11.5 Å². The largest absolute Gasteiger partial charge is 0.452 e. The SMILES string of the molecule is CNc1c(Br)ccc(F)c1Oc1ccccc1C(F)F. The monoisotopic (exact) mass is 345 g/mol. The predicted octanol–water partition coefficient (Wildman–Crippen LogP) is 5.36. The molecule has 0 amide bonds. The maximum absolute atomic E-state index is 13.9. The average Bonchev–Trinajstić information content (AvgIpc) is 2.43. The summed E-state index contributed by atoms with van der Waals surface area (Å²) in [6.07, 6.45) is -2.69. The van der Waals surface area contributed by atoms with E-state index in [1.807, 2.05) is 0 Å². The highest BCUT2D eigenvalue weighted by atomic mass is 79.9. The van der Waals surface area contributed by atoms with Gasteiger partial charge in [-0.2, -0.15) is 0 Å². The molecule has 0 unspecified atom stereocenters. The molecule has 0 radical (unpaired) electrons. The number of hydrogen-bond acceptors (Lipinski definition) is 2. The van der Waals surface area contributed by atoms with Crippen LogP contribution in [-0.4, -0.2) is 7.05 Å². The second-order valence-electron chi connectivity index (χ2n) is 3.92. The van der Waals surface area contributed by atoms with E-state index < -0.39 is 12.2 Å². The molecule has 2 nitrogen and oxygen atoms in total. The van der Waals surface area contributed by atoms with Crippen molar-refractivity contribution in [3.05, 3.63) is 52.3 Å². The lowest BCUT2D eigenvalue weighted by atomic mass is 10.2. The Bertz CT molecular complexity index is 619. The molecule has 0 heterocycles. The minimum atomic E-state index is -2.69. The van der Waals surface area contributed by atoms with Crippen molar-refractivity contribution in [2.24, 2.45) is 0 Å². The standard InChI is InChI=1S/C14H11BrF3NO/c1-19-12-9(15)6-7-10(16)13(12)20-11-5-3-2-4-8(11)14(17)18/h2-7,14,19H,1H3. The summed E-state index contributed by atoms with van der Waals surface area (Å²) in [4.78, 5) is 0. The topological polar surface area (TPSA) is 21.3 Å². The Kier molecular flexibility index (Phi) is 4.54. The van der Waals surface area contributed by atoms with Gasteiger partial charge < -0.3 is 10.1 Å². The summed E-state index contributed by atoms with van der Waals surface area (Å²) in [5.74, 6) is -0.840. The Morgan fingerprint density at radius 1 is 1.15 bits per heavy atom. The number of hydrogen-bond donors (Lipinski definition) is 1. The molecule has 0 atom stereocenters. The lowest BCUT2D eigenvalue weighted by Crippen LogP contribution is -1.99. The molecular weight excluding hydrogens is 335 g/mol. The van der Waals surface area contributed by atoms with E-state index >= 15 is 0 Å². The summed E-state index contributed by atoms with van der Waals surface area (Å²) >= 11 is 3.24. The molecule has 1 N–H and O–H groups in total. The highest BCUT2D eigenvalue weighted by molar-refractivity contribution is 9.10. The van der Waals surface area contributed by atoms with E-state index in [0.717, 1.165) is 0 Å². The quantitative estimate of drug-likeness (QED) is 0.805. The van der Waals surface area contributed by atoms with E-state index in [9.17, 15) is 13.2 Å². The molecule has 2 rings (SSSR count). The maximum Gasteiger partial charge on any atom is 0.267 e. The molecule has 0 aliphatic heterocycles. The number of halogens is 4. The molecular formula is C14H11BrF3NO. The number of rotatable bonds is 4. The molecule has 0 fully saturated rings. The van der Waals surface area contributed by atoms with Crippen LogP contribution in [0.4, 0.5) is 18.9 Å². The van der Waals surface area contributed by atoms with Gasteiger partial charge in [0.1, 0.15) is 5.75 Å². The van der Waals surface area contributed by atoms with Gasteiger partial charge in [0.15, 0.2) is 11.6 Å². The number of nitrogens with one attached hydrogen (secondary N) is 1. The smallest absolute Gasteiger partial charge is 0.267 e. The Morgan fingerprint density at radius 3 is 2.50 bits per heavy atom. The third-order valence-electron chi connectivity index (χ3n) is 2.67. The normalized spacial score (nSPS) is 10.7. The molecule has 2 aromatic carbocycles. The first kappa shape index (κ1) is 14.7. The van der Waals surface area contributed by atoms with Crippen LogP contribution in [0.3, 0.4) is 0 Å². The fraction of sp³-hybridized carbons (Fsp3) is 0.143. The average molecular weight is 346 g/mol. The first-order valence-electron chi connectivity index (χ1n) is 5.75. The van der Waals surface area contributed by atoms with Crippen molar-refractivity contribution in [1.29, 1.82) is 0 Å². The second-order valence-corrected chi connectivity index (χ2v) is 4.78. The van der Waals surface area contributed by atoms with Crippen LogP contribution in [0.15, 0.2) is 40.9 Å². The van der Waals surface area contributed by atoms with E-state index in [-0.39, 0.29) is 17.1 Å². The van der Waals surface area contributed by atoms with Gasteiger partial charge in [0.25, 0.3) is 6.43 Å². The molecule has 20 heavy (non-hydrogen) atoms. The zero-order valence-electron chi connectivity index (χ0n) is 10.5. The van der Waals surface area contributed by atoms with Gasteiger partial charge in [0.2, 0.25) is 0 Å². The molecule has 0 saturated heterocycles. The second kappa shape index (κ2) is 6.17. The third kappa shape index (κ3) is 2.90. The van der Waals surface area contributed by atoms with Gasteiger partial charge in [-0.25, -0.2) is 13.2 Å².